The number of piperidine rings is 1. The number of hydrogen-bond acceptors (Lipinski definition) is 4. The molecule has 0 aliphatic carbocycles. The van der Waals surface area contributed by atoms with Gasteiger partial charge < -0.3 is 9.47 Å². The third kappa shape index (κ3) is 1.67. The Bertz CT molecular complexity index is 479. The van der Waals surface area contributed by atoms with Crippen LogP contribution in [-0.2, 0) is 14.3 Å². The molecule has 3 aliphatic rings. The maximum Gasteiger partial charge on any atom is 0.184 e. The lowest BCUT2D eigenvalue weighted by atomic mass is 10.0. The molecule has 2 bridgehead atoms. The van der Waals surface area contributed by atoms with E-state index >= 15 is 0 Å². The van der Waals surface area contributed by atoms with E-state index < -0.39 is 0 Å². The Hall–Kier alpha value is -1.23. The molecule has 3 fully saturated rings. The van der Waals surface area contributed by atoms with Gasteiger partial charge in [0.05, 0.1) is 0 Å². The molecule has 3 aliphatic heterocycles. The third-order valence-corrected chi connectivity index (χ3v) is 4.64. The quantitative estimate of drug-likeness (QED) is 0.766. The van der Waals surface area contributed by atoms with Crippen molar-refractivity contribution >= 4 is 5.78 Å². The SMILES string of the molecule is CN1[C@@H]2CC(=O)C[C@H]1[C@H]1OC(c3ccccc3)O[C@@H]12. The van der Waals surface area contributed by atoms with Crippen LogP contribution in [0.5, 0.6) is 0 Å². The van der Waals surface area contributed by atoms with Crippen molar-refractivity contribution < 1.29 is 14.3 Å². The molecule has 3 saturated heterocycles. The van der Waals surface area contributed by atoms with E-state index in [0.717, 1.165) is 5.56 Å². The van der Waals surface area contributed by atoms with E-state index in [1.165, 1.54) is 0 Å². The van der Waals surface area contributed by atoms with Crippen LogP contribution in [0.4, 0.5) is 0 Å². The second kappa shape index (κ2) is 4.13. The minimum atomic E-state index is -0.275. The molecular formula is C15H17NO3. The summed E-state index contributed by atoms with van der Waals surface area (Å²) in [5, 5.41) is 0. The van der Waals surface area contributed by atoms with E-state index in [0.29, 0.717) is 18.6 Å². The van der Waals surface area contributed by atoms with Gasteiger partial charge in [0.2, 0.25) is 0 Å². The smallest absolute Gasteiger partial charge is 0.184 e. The van der Waals surface area contributed by atoms with Crippen LogP contribution >= 0.6 is 0 Å². The Morgan fingerprint density at radius 1 is 1.05 bits per heavy atom. The largest absolute Gasteiger partial charge is 0.341 e. The number of carbonyl (C=O) groups excluding carboxylic acids is 1. The zero-order chi connectivity index (χ0) is 13.0. The van der Waals surface area contributed by atoms with Gasteiger partial charge in [-0.2, -0.15) is 0 Å². The van der Waals surface area contributed by atoms with Crippen LogP contribution in [-0.4, -0.2) is 42.0 Å². The average molecular weight is 259 g/mol. The number of benzene rings is 1. The molecule has 0 aromatic heterocycles. The van der Waals surface area contributed by atoms with E-state index in [1.807, 2.05) is 30.3 Å². The van der Waals surface area contributed by atoms with Gasteiger partial charge in [-0.05, 0) is 7.05 Å². The van der Waals surface area contributed by atoms with Gasteiger partial charge in [0, 0.05) is 30.5 Å². The fourth-order valence-electron chi connectivity index (χ4n) is 3.64. The van der Waals surface area contributed by atoms with Gasteiger partial charge in [0.1, 0.15) is 18.0 Å². The van der Waals surface area contributed by atoms with Crippen LogP contribution in [0, 0.1) is 0 Å². The molecule has 1 aromatic rings. The maximum absolute atomic E-state index is 11.7. The normalized spacial score (nSPS) is 41.5. The van der Waals surface area contributed by atoms with Gasteiger partial charge >= 0.3 is 0 Å². The number of carbonyl (C=O) groups is 1. The summed E-state index contributed by atoms with van der Waals surface area (Å²) in [5.41, 5.74) is 1.06. The number of nitrogens with zero attached hydrogens (tertiary/aromatic N) is 1. The highest BCUT2D eigenvalue weighted by molar-refractivity contribution is 5.81. The number of likely N-dealkylation sites (N-methyl/N-ethyl adjacent to an activating group) is 1. The van der Waals surface area contributed by atoms with Crippen LogP contribution in [0.1, 0.15) is 24.7 Å². The molecular weight excluding hydrogens is 242 g/mol. The van der Waals surface area contributed by atoms with Crippen molar-refractivity contribution in [2.75, 3.05) is 7.05 Å². The maximum atomic E-state index is 11.7. The second-order valence-corrected chi connectivity index (χ2v) is 5.69. The van der Waals surface area contributed by atoms with Crippen molar-refractivity contribution in [3.63, 3.8) is 0 Å². The van der Waals surface area contributed by atoms with Crippen molar-refractivity contribution in [3.05, 3.63) is 35.9 Å². The summed E-state index contributed by atoms with van der Waals surface area (Å²) >= 11 is 0. The summed E-state index contributed by atoms with van der Waals surface area (Å²) < 4.78 is 12.2. The monoisotopic (exact) mass is 259 g/mol. The number of Topliss-reactive ketones (excluding diaryl/α,β-unsaturated/α-hetero) is 1. The molecule has 0 radical (unpaired) electrons. The number of hydrogen-bond donors (Lipinski definition) is 0. The van der Waals surface area contributed by atoms with E-state index in [4.69, 9.17) is 9.47 Å². The summed E-state index contributed by atoms with van der Waals surface area (Å²) in [7, 11) is 2.07. The Labute approximate surface area is 112 Å². The molecule has 4 nitrogen and oxygen atoms in total. The van der Waals surface area contributed by atoms with E-state index in [2.05, 4.69) is 11.9 Å². The van der Waals surface area contributed by atoms with Crippen LogP contribution in [0.2, 0.25) is 0 Å². The molecule has 4 heteroatoms. The Morgan fingerprint density at radius 3 is 2.21 bits per heavy atom. The van der Waals surface area contributed by atoms with E-state index in [9.17, 15) is 4.79 Å². The van der Waals surface area contributed by atoms with Crippen molar-refractivity contribution in [2.24, 2.45) is 0 Å². The minimum Gasteiger partial charge on any atom is -0.341 e. The predicted octanol–water partition coefficient (Wildman–Crippen LogP) is 1.51. The van der Waals surface area contributed by atoms with Crippen molar-refractivity contribution in [2.45, 2.75) is 43.4 Å². The van der Waals surface area contributed by atoms with E-state index in [-0.39, 0.29) is 30.6 Å². The summed E-state index contributed by atoms with van der Waals surface area (Å²) in [4.78, 5) is 14.0. The lowest BCUT2D eigenvalue weighted by molar-refractivity contribution is -0.133. The fourth-order valence-corrected chi connectivity index (χ4v) is 3.64. The summed E-state index contributed by atoms with van der Waals surface area (Å²) in [6, 6.07) is 10.4. The Kier molecular flexibility index (Phi) is 2.52. The van der Waals surface area contributed by atoms with Gasteiger partial charge in [0.25, 0.3) is 0 Å². The highest BCUT2D eigenvalue weighted by Crippen LogP contribution is 2.45. The summed E-state index contributed by atoms with van der Waals surface area (Å²) in [6.07, 6.45) is 0.986. The lowest BCUT2D eigenvalue weighted by Gasteiger charge is -2.32. The molecule has 3 heterocycles. The Morgan fingerprint density at radius 2 is 1.63 bits per heavy atom. The number of ketones is 1. The first-order valence-electron chi connectivity index (χ1n) is 6.83. The molecule has 19 heavy (non-hydrogen) atoms. The molecule has 0 saturated carbocycles. The number of rotatable bonds is 1. The van der Waals surface area contributed by atoms with Gasteiger partial charge in [-0.1, -0.05) is 30.3 Å². The molecule has 1 unspecified atom stereocenters. The van der Waals surface area contributed by atoms with Gasteiger partial charge in [-0.15, -0.1) is 0 Å². The third-order valence-electron chi connectivity index (χ3n) is 4.64. The van der Waals surface area contributed by atoms with Crippen LogP contribution in [0.3, 0.4) is 0 Å². The lowest BCUT2D eigenvalue weighted by Crippen LogP contribution is -2.44. The van der Waals surface area contributed by atoms with Gasteiger partial charge in [0.15, 0.2) is 6.29 Å². The predicted molar refractivity (Wildman–Crippen MR) is 68.5 cm³/mol. The first kappa shape index (κ1) is 11.6. The average Bonchev–Trinajstić information content (AvgIpc) is 2.91. The molecule has 100 valence electrons. The minimum absolute atomic E-state index is 0.0339. The van der Waals surface area contributed by atoms with Crippen molar-refractivity contribution in [1.29, 1.82) is 0 Å². The first-order chi connectivity index (χ1) is 9.24. The van der Waals surface area contributed by atoms with Gasteiger partial charge in [-0.25, -0.2) is 0 Å². The number of ether oxygens (including phenoxy) is 2. The topological polar surface area (TPSA) is 38.8 Å². The summed E-state index contributed by atoms with van der Waals surface area (Å²) in [6.45, 7) is 0. The molecule has 5 atom stereocenters. The first-order valence-corrected chi connectivity index (χ1v) is 6.83. The second-order valence-electron chi connectivity index (χ2n) is 5.69. The Balaban J connectivity index is 1.60. The van der Waals surface area contributed by atoms with Crippen molar-refractivity contribution in [1.82, 2.24) is 4.90 Å². The highest BCUT2D eigenvalue weighted by atomic mass is 16.7. The highest BCUT2D eigenvalue weighted by Gasteiger charge is 2.57. The molecule has 1 aromatic carbocycles. The van der Waals surface area contributed by atoms with Crippen LogP contribution in [0.25, 0.3) is 0 Å². The fraction of sp³-hybridized carbons (Fsp3) is 0.533. The van der Waals surface area contributed by atoms with Gasteiger partial charge in [-0.3, -0.25) is 9.69 Å². The summed E-state index contributed by atoms with van der Waals surface area (Å²) in [5.74, 6) is 0.339. The molecule has 0 spiro atoms. The molecule has 4 rings (SSSR count). The molecule has 0 N–H and O–H groups in total. The van der Waals surface area contributed by atoms with E-state index in [1.54, 1.807) is 0 Å². The zero-order valence-corrected chi connectivity index (χ0v) is 10.9. The van der Waals surface area contributed by atoms with Crippen molar-refractivity contribution in [3.8, 4) is 0 Å². The molecule has 0 amide bonds. The standard InChI is InChI=1S/C15H17NO3/c1-16-11-7-10(17)8-12(16)14-13(11)18-15(19-14)9-5-3-2-4-6-9/h2-6,11-15H,7-8H2,1H3/t11-,12+,13-,14-,15?/m1/s1. The number of fused-ring (bicyclic) bond motifs is 5. The zero-order valence-electron chi connectivity index (χ0n) is 10.9. The van der Waals surface area contributed by atoms with Crippen LogP contribution in [0.15, 0.2) is 30.3 Å². The van der Waals surface area contributed by atoms with Crippen LogP contribution < -0.4 is 0 Å².